The summed E-state index contributed by atoms with van der Waals surface area (Å²) in [5, 5.41) is 19.8. The van der Waals surface area contributed by atoms with E-state index in [2.05, 4.69) is 20.9 Å². The molecule has 0 bridgehead atoms. The number of carboxylic acids is 1. The molecular formula is C25H21ClN4O5S. The van der Waals surface area contributed by atoms with Gasteiger partial charge in [0.05, 0.1) is 15.5 Å². The highest BCUT2D eigenvalue weighted by Crippen LogP contribution is 2.20. The first-order valence-corrected chi connectivity index (χ1v) is 12.1. The maximum Gasteiger partial charge on any atom is 0.328 e. The van der Waals surface area contributed by atoms with Crippen molar-refractivity contribution in [3.63, 3.8) is 0 Å². The third kappa shape index (κ3) is 5.73. The second-order valence-corrected chi connectivity index (χ2v) is 9.14. The van der Waals surface area contributed by atoms with Gasteiger partial charge in [0.15, 0.2) is 0 Å². The van der Waals surface area contributed by atoms with E-state index >= 15 is 0 Å². The summed E-state index contributed by atoms with van der Waals surface area (Å²) in [5.74, 6) is -2.88. The minimum atomic E-state index is -1.38. The number of amides is 3. The number of aliphatic carboxylic acids is 1. The monoisotopic (exact) mass is 524 g/mol. The number of aromatic amines is 1. The fourth-order valence-electron chi connectivity index (χ4n) is 3.55. The standard InChI is InChI=1S/C25H21ClN4O5S/c26-18-11-14(22(31)28-12-15-3-1-4-19-16(15)8-9-27-19)6-7-17(18)23(32)30-20(25(34)35)13-29-24(33)21-5-2-10-36-21/h1-11,20,27H,12-13H2,(H,28,31)(H,29,33)(H,30,32)(H,34,35)/t20-/m0/s1. The van der Waals surface area contributed by atoms with Gasteiger partial charge in [-0.1, -0.05) is 29.8 Å². The Hall–Kier alpha value is -4.15. The Kier molecular flexibility index (Phi) is 7.67. The number of halogens is 1. The molecule has 5 N–H and O–H groups in total. The van der Waals surface area contributed by atoms with Gasteiger partial charge in [0.1, 0.15) is 6.04 Å². The van der Waals surface area contributed by atoms with Crippen molar-refractivity contribution in [1.29, 1.82) is 0 Å². The molecule has 0 saturated carbocycles. The predicted molar refractivity (Wildman–Crippen MR) is 136 cm³/mol. The zero-order valence-electron chi connectivity index (χ0n) is 18.7. The summed E-state index contributed by atoms with van der Waals surface area (Å²) in [6.07, 6.45) is 1.83. The van der Waals surface area contributed by atoms with Crippen LogP contribution in [0.15, 0.2) is 66.2 Å². The summed E-state index contributed by atoms with van der Waals surface area (Å²) < 4.78 is 0. The smallest absolute Gasteiger partial charge is 0.328 e. The molecule has 0 saturated heterocycles. The van der Waals surface area contributed by atoms with E-state index in [1.807, 2.05) is 30.5 Å². The first-order chi connectivity index (χ1) is 17.3. The molecule has 4 aromatic rings. The largest absolute Gasteiger partial charge is 0.480 e. The van der Waals surface area contributed by atoms with Crippen molar-refractivity contribution in [3.8, 4) is 0 Å². The molecule has 3 amide bonds. The van der Waals surface area contributed by atoms with Gasteiger partial charge in [0, 0.05) is 35.8 Å². The van der Waals surface area contributed by atoms with Crippen LogP contribution < -0.4 is 16.0 Å². The van der Waals surface area contributed by atoms with Crippen LogP contribution in [-0.2, 0) is 11.3 Å². The van der Waals surface area contributed by atoms with Crippen LogP contribution in [0.4, 0.5) is 0 Å². The van der Waals surface area contributed by atoms with Gasteiger partial charge >= 0.3 is 5.97 Å². The topological polar surface area (TPSA) is 140 Å². The van der Waals surface area contributed by atoms with E-state index in [1.165, 1.54) is 29.5 Å². The SMILES string of the molecule is O=C(NCc1cccc2[nH]ccc12)c1ccc(C(=O)N[C@@H](CNC(=O)c2cccs2)C(=O)O)c(Cl)c1. The van der Waals surface area contributed by atoms with Gasteiger partial charge in [0.2, 0.25) is 0 Å². The van der Waals surface area contributed by atoms with Crippen LogP contribution in [0.2, 0.25) is 5.02 Å². The number of hydrogen-bond donors (Lipinski definition) is 5. The van der Waals surface area contributed by atoms with Crippen molar-refractivity contribution in [3.05, 3.63) is 92.8 Å². The molecule has 0 spiro atoms. The third-order valence-corrected chi connectivity index (χ3v) is 6.60. The van der Waals surface area contributed by atoms with Crippen LogP contribution >= 0.6 is 22.9 Å². The molecule has 2 aromatic heterocycles. The number of fused-ring (bicyclic) bond motifs is 1. The van der Waals surface area contributed by atoms with Gasteiger partial charge < -0.3 is 26.0 Å². The van der Waals surface area contributed by atoms with E-state index in [-0.39, 0.29) is 28.6 Å². The molecule has 36 heavy (non-hydrogen) atoms. The Labute approximate surface area is 214 Å². The van der Waals surface area contributed by atoms with Gasteiger partial charge in [-0.15, -0.1) is 11.3 Å². The number of aromatic nitrogens is 1. The molecule has 184 valence electrons. The maximum atomic E-state index is 12.7. The van der Waals surface area contributed by atoms with Crippen molar-refractivity contribution in [2.45, 2.75) is 12.6 Å². The lowest BCUT2D eigenvalue weighted by molar-refractivity contribution is -0.139. The molecule has 0 aliphatic rings. The summed E-state index contributed by atoms with van der Waals surface area (Å²) in [7, 11) is 0. The Morgan fingerprint density at radius 1 is 0.972 bits per heavy atom. The van der Waals surface area contributed by atoms with E-state index in [1.54, 1.807) is 17.5 Å². The van der Waals surface area contributed by atoms with Crippen LogP contribution in [0.25, 0.3) is 10.9 Å². The van der Waals surface area contributed by atoms with E-state index in [9.17, 15) is 24.3 Å². The Bertz CT molecular complexity index is 1430. The molecule has 0 aliphatic carbocycles. The molecule has 2 aromatic carbocycles. The maximum absolute atomic E-state index is 12.7. The Morgan fingerprint density at radius 3 is 2.53 bits per heavy atom. The molecule has 0 fully saturated rings. The first kappa shape index (κ1) is 25.0. The molecule has 0 radical (unpaired) electrons. The number of nitrogens with one attached hydrogen (secondary N) is 4. The summed E-state index contributed by atoms with van der Waals surface area (Å²) in [6.45, 7) is -0.0187. The second kappa shape index (κ2) is 11.1. The minimum Gasteiger partial charge on any atom is -0.480 e. The fraction of sp³-hybridized carbons (Fsp3) is 0.120. The van der Waals surface area contributed by atoms with Gasteiger partial charge in [-0.05, 0) is 47.3 Å². The van der Waals surface area contributed by atoms with Crippen LogP contribution in [0.1, 0.15) is 36.0 Å². The van der Waals surface area contributed by atoms with E-state index in [4.69, 9.17) is 11.6 Å². The fourth-order valence-corrected chi connectivity index (χ4v) is 4.45. The van der Waals surface area contributed by atoms with Crippen LogP contribution in [-0.4, -0.2) is 46.4 Å². The van der Waals surface area contributed by atoms with Gasteiger partial charge in [-0.3, -0.25) is 14.4 Å². The number of carbonyl (C=O) groups excluding carboxylic acids is 3. The number of carboxylic acid groups (broad SMARTS) is 1. The van der Waals surface area contributed by atoms with Crippen LogP contribution in [0.5, 0.6) is 0 Å². The number of rotatable bonds is 9. The van der Waals surface area contributed by atoms with E-state index in [0.717, 1.165) is 16.5 Å². The molecule has 0 aliphatic heterocycles. The van der Waals surface area contributed by atoms with Gasteiger partial charge in [-0.2, -0.15) is 0 Å². The number of thiophene rings is 1. The third-order valence-electron chi connectivity index (χ3n) is 5.42. The normalized spacial score (nSPS) is 11.6. The highest BCUT2D eigenvalue weighted by Gasteiger charge is 2.23. The minimum absolute atomic E-state index is 0.00106. The molecule has 9 nitrogen and oxygen atoms in total. The van der Waals surface area contributed by atoms with Crippen molar-refractivity contribution >= 4 is 57.5 Å². The highest BCUT2D eigenvalue weighted by molar-refractivity contribution is 7.12. The average Bonchev–Trinajstić information content (AvgIpc) is 3.57. The predicted octanol–water partition coefficient (Wildman–Crippen LogP) is 3.43. The van der Waals surface area contributed by atoms with Crippen molar-refractivity contribution in [2.75, 3.05) is 6.54 Å². The molecule has 11 heteroatoms. The molecular weight excluding hydrogens is 504 g/mol. The quantitative estimate of drug-likeness (QED) is 0.228. The van der Waals surface area contributed by atoms with Crippen LogP contribution in [0, 0.1) is 0 Å². The van der Waals surface area contributed by atoms with Crippen LogP contribution in [0.3, 0.4) is 0 Å². The molecule has 1 atom stereocenters. The van der Waals surface area contributed by atoms with E-state index in [0.29, 0.717) is 11.4 Å². The second-order valence-electron chi connectivity index (χ2n) is 7.78. The summed E-state index contributed by atoms with van der Waals surface area (Å²) in [6, 6.07) is 13.7. The zero-order chi connectivity index (χ0) is 25.7. The lowest BCUT2D eigenvalue weighted by Crippen LogP contribution is -2.48. The average molecular weight is 525 g/mol. The number of H-pyrrole nitrogens is 1. The zero-order valence-corrected chi connectivity index (χ0v) is 20.3. The van der Waals surface area contributed by atoms with E-state index < -0.39 is 23.8 Å². The first-order valence-electron chi connectivity index (χ1n) is 10.8. The lowest BCUT2D eigenvalue weighted by Gasteiger charge is -2.16. The summed E-state index contributed by atoms with van der Waals surface area (Å²) in [4.78, 5) is 52.5. The highest BCUT2D eigenvalue weighted by atomic mass is 35.5. The van der Waals surface area contributed by atoms with Gasteiger partial charge in [0.25, 0.3) is 17.7 Å². The summed E-state index contributed by atoms with van der Waals surface area (Å²) in [5.41, 5.74) is 2.15. The Morgan fingerprint density at radius 2 is 1.81 bits per heavy atom. The molecule has 2 heterocycles. The van der Waals surface area contributed by atoms with Crippen molar-refractivity contribution in [2.24, 2.45) is 0 Å². The molecule has 0 unspecified atom stereocenters. The number of hydrogen-bond acceptors (Lipinski definition) is 5. The van der Waals surface area contributed by atoms with Gasteiger partial charge in [-0.25, -0.2) is 4.79 Å². The number of carbonyl (C=O) groups is 4. The van der Waals surface area contributed by atoms with Crippen molar-refractivity contribution < 1.29 is 24.3 Å². The number of benzene rings is 2. The summed E-state index contributed by atoms with van der Waals surface area (Å²) >= 11 is 7.46. The molecule has 4 rings (SSSR count). The van der Waals surface area contributed by atoms with Crippen molar-refractivity contribution in [1.82, 2.24) is 20.9 Å². The Balaban J connectivity index is 1.37. The lowest BCUT2D eigenvalue weighted by atomic mass is 10.1.